The van der Waals surface area contributed by atoms with Gasteiger partial charge in [0, 0.05) is 11.1 Å². The second kappa shape index (κ2) is 3.86. The fourth-order valence-electron chi connectivity index (χ4n) is 2.62. The molecule has 0 saturated carbocycles. The highest BCUT2D eigenvalue weighted by atomic mass is 35.5. The molecule has 3 N–H and O–H groups in total. The number of rotatable bonds is 1. The number of fused-ring (bicyclic) bond motifs is 2. The van der Waals surface area contributed by atoms with Gasteiger partial charge in [0.15, 0.2) is 0 Å². The second-order valence-corrected chi connectivity index (χ2v) is 4.91. The number of nitrogens with zero attached hydrogens (tertiary/aromatic N) is 1. The molecule has 88 valence electrons. The molecule has 0 amide bonds. The number of benzene rings is 1. The number of aromatic nitrogens is 1. The smallest absolute Gasteiger partial charge is 0.0771 e. The van der Waals surface area contributed by atoms with Gasteiger partial charge in [-0.05, 0) is 43.4 Å². The number of hydrogen-bond acceptors (Lipinski definition) is 3. The molecular formula is C13H14ClN3. The third kappa shape index (κ3) is 1.50. The Hall–Kier alpha value is -1.32. The molecule has 1 aromatic heterocycles. The van der Waals surface area contributed by atoms with Gasteiger partial charge in [-0.2, -0.15) is 0 Å². The summed E-state index contributed by atoms with van der Waals surface area (Å²) in [5.41, 5.74) is 8.26. The molecule has 0 atom stereocenters. The quantitative estimate of drug-likeness (QED) is 0.602. The molecule has 0 aliphatic heterocycles. The van der Waals surface area contributed by atoms with E-state index in [1.54, 1.807) is 0 Å². The second-order valence-electron chi connectivity index (χ2n) is 4.50. The minimum Gasteiger partial charge on any atom is -0.323 e. The summed E-state index contributed by atoms with van der Waals surface area (Å²) in [4.78, 5) is 4.74. The van der Waals surface area contributed by atoms with E-state index in [-0.39, 0.29) is 0 Å². The molecular weight excluding hydrogens is 234 g/mol. The molecule has 0 bridgehead atoms. The number of hydrogen-bond donors (Lipinski definition) is 2. The summed E-state index contributed by atoms with van der Waals surface area (Å²) in [6, 6.07) is 3.91. The van der Waals surface area contributed by atoms with E-state index in [4.69, 9.17) is 22.4 Å². The van der Waals surface area contributed by atoms with Gasteiger partial charge >= 0.3 is 0 Å². The van der Waals surface area contributed by atoms with Crippen LogP contribution in [0.25, 0.3) is 10.9 Å². The first-order chi connectivity index (χ1) is 8.22. The first-order valence-electron chi connectivity index (χ1n) is 5.79. The van der Waals surface area contributed by atoms with E-state index in [1.807, 2.05) is 19.1 Å². The van der Waals surface area contributed by atoms with Crippen LogP contribution in [0.2, 0.25) is 5.02 Å². The molecule has 1 heterocycles. The fourth-order valence-corrected chi connectivity index (χ4v) is 2.87. The highest BCUT2D eigenvalue weighted by molar-refractivity contribution is 6.36. The molecule has 3 nitrogen and oxygen atoms in total. The molecule has 1 aliphatic rings. The maximum atomic E-state index is 6.28. The van der Waals surface area contributed by atoms with Gasteiger partial charge in [0.1, 0.15) is 0 Å². The third-order valence-corrected chi connectivity index (χ3v) is 3.78. The summed E-state index contributed by atoms with van der Waals surface area (Å²) in [5, 5.41) is 1.66. The predicted molar refractivity (Wildman–Crippen MR) is 71.3 cm³/mol. The monoisotopic (exact) mass is 247 g/mol. The molecule has 17 heavy (non-hydrogen) atoms. The standard InChI is InChI=1S/C13H14ClN3/c1-7-5-6-9(14)11-12(7)16-10-4-2-3-8(10)13(11)17-15/h5-6H,2-4,15H2,1H3,(H,16,17). The number of nitrogen functional groups attached to an aromatic ring is 1. The van der Waals surface area contributed by atoms with Crippen LogP contribution in [0.15, 0.2) is 12.1 Å². The van der Waals surface area contributed by atoms with Gasteiger partial charge in [0.25, 0.3) is 0 Å². The Balaban J connectivity index is 2.49. The van der Waals surface area contributed by atoms with Crippen LogP contribution in [-0.4, -0.2) is 4.98 Å². The van der Waals surface area contributed by atoms with Crippen LogP contribution >= 0.6 is 11.6 Å². The number of nitrogens with one attached hydrogen (secondary N) is 1. The topological polar surface area (TPSA) is 50.9 Å². The number of nitrogens with two attached hydrogens (primary N) is 1. The van der Waals surface area contributed by atoms with Crippen molar-refractivity contribution in [2.75, 3.05) is 5.43 Å². The Morgan fingerprint density at radius 1 is 1.35 bits per heavy atom. The van der Waals surface area contributed by atoms with Crippen molar-refractivity contribution in [1.29, 1.82) is 0 Å². The van der Waals surface area contributed by atoms with Gasteiger partial charge in [-0.25, -0.2) is 0 Å². The van der Waals surface area contributed by atoms with Crippen molar-refractivity contribution in [3.63, 3.8) is 0 Å². The first-order valence-corrected chi connectivity index (χ1v) is 6.17. The van der Waals surface area contributed by atoms with Crippen LogP contribution in [0.1, 0.15) is 23.2 Å². The highest BCUT2D eigenvalue weighted by Gasteiger charge is 2.21. The fraction of sp³-hybridized carbons (Fsp3) is 0.308. The normalized spacial score (nSPS) is 14.1. The molecule has 0 unspecified atom stereocenters. The van der Waals surface area contributed by atoms with E-state index < -0.39 is 0 Å². The van der Waals surface area contributed by atoms with Crippen molar-refractivity contribution < 1.29 is 0 Å². The van der Waals surface area contributed by atoms with Crippen LogP contribution in [0.3, 0.4) is 0 Å². The first kappa shape index (κ1) is 10.8. The van der Waals surface area contributed by atoms with E-state index in [0.717, 1.165) is 47.1 Å². The van der Waals surface area contributed by atoms with Gasteiger partial charge in [-0.3, -0.25) is 10.8 Å². The highest BCUT2D eigenvalue weighted by Crippen LogP contribution is 2.38. The SMILES string of the molecule is Cc1ccc(Cl)c2c(NN)c3c(nc12)CCC3. The lowest BCUT2D eigenvalue weighted by atomic mass is 10.0. The van der Waals surface area contributed by atoms with Crippen LogP contribution in [0, 0.1) is 6.92 Å². The summed E-state index contributed by atoms with van der Waals surface area (Å²) < 4.78 is 0. The molecule has 3 rings (SSSR count). The van der Waals surface area contributed by atoms with Crippen molar-refractivity contribution in [3.8, 4) is 0 Å². The number of aryl methyl sites for hydroxylation is 2. The molecule has 0 spiro atoms. The lowest BCUT2D eigenvalue weighted by Gasteiger charge is -2.14. The van der Waals surface area contributed by atoms with Gasteiger partial charge < -0.3 is 5.43 Å². The lowest BCUT2D eigenvalue weighted by molar-refractivity contribution is 0.901. The third-order valence-electron chi connectivity index (χ3n) is 3.46. The van der Waals surface area contributed by atoms with Crippen molar-refractivity contribution in [2.45, 2.75) is 26.2 Å². The van der Waals surface area contributed by atoms with Crippen molar-refractivity contribution in [3.05, 3.63) is 34.0 Å². The van der Waals surface area contributed by atoms with Gasteiger partial charge in [-0.15, -0.1) is 0 Å². The molecule has 0 saturated heterocycles. The minimum absolute atomic E-state index is 0.709. The Kier molecular flexibility index (Phi) is 2.45. The number of anilines is 1. The van der Waals surface area contributed by atoms with E-state index in [2.05, 4.69) is 5.43 Å². The van der Waals surface area contributed by atoms with Crippen molar-refractivity contribution in [2.24, 2.45) is 5.84 Å². The molecule has 2 aromatic rings. The summed E-state index contributed by atoms with van der Waals surface area (Å²) in [6.07, 6.45) is 3.21. The Labute approximate surface area is 105 Å². The average molecular weight is 248 g/mol. The summed E-state index contributed by atoms with van der Waals surface area (Å²) in [5.74, 6) is 5.67. The molecule has 0 radical (unpaired) electrons. The summed E-state index contributed by atoms with van der Waals surface area (Å²) in [6.45, 7) is 2.05. The predicted octanol–water partition coefficient (Wildman–Crippen LogP) is 2.97. The molecule has 1 aromatic carbocycles. The average Bonchev–Trinajstić information content (AvgIpc) is 2.79. The van der Waals surface area contributed by atoms with Crippen LogP contribution in [0.4, 0.5) is 5.69 Å². The largest absolute Gasteiger partial charge is 0.323 e. The zero-order valence-corrected chi connectivity index (χ0v) is 10.4. The molecule has 1 aliphatic carbocycles. The van der Waals surface area contributed by atoms with E-state index >= 15 is 0 Å². The van der Waals surface area contributed by atoms with E-state index in [9.17, 15) is 0 Å². The van der Waals surface area contributed by atoms with Gasteiger partial charge in [0.2, 0.25) is 0 Å². The van der Waals surface area contributed by atoms with Gasteiger partial charge in [0.05, 0.1) is 16.2 Å². The zero-order chi connectivity index (χ0) is 12.0. The number of hydrazine groups is 1. The molecule has 4 heteroatoms. The number of pyridine rings is 1. The van der Waals surface area contributed by atoms with Crippen LogP contribution in [0.5, 0.6) is 0 Å². The van der Waals surface area contributed by atoms with Gasteiger partial charge in [-0.1, -0.05) is 17.7 Å². The number of halogens is 1. The minimum atomic E-state index is 0.709. The Morgan fingerprint density at radius 3 is 2.94 bits per heavy atom. The Bertz CT molecular complexity index is 607. The lowest BCUT2D eigenvalue weighted by Crippen LogP contribution is -2.11. The van der Waals surface area contributed by atoms with E-state index in [1.165, 1.54) is 5.56 Å². The van der Waals surface area contributed by atoms with Crippen LogP contribution < -0.4 is 11.3 Å². The molecule has 0 fully saturated rings. The van der Waals surface area contributed by atoms with Crippen molar-refractivity contribution >= 4 is 28.2 Å². The summed E-state index contributed by atoms with van der Waals surface area (Å²) >= 11 is 6.28. The van der Waals surface area contributed by atoms with Crippen molar-refractivity contribution in [1.82, 2.24) is 4.98 Å². The van der Waals surface area contributed by atoms with Crippen LogP contribution in [-0.2, 0) is 12.8 Å². The summed E-state index contributed by atoms with van der Waals surface area (Å²) in [7, 11) is 0. The van der Waals surface area contributed by atoms with E-state index in [0.29, 0.717) is 5.02 Å². The zero-order valence-electron chi connectivity index (χ0n) is 9.68. The maximum absolute atomic E-state index is 6.28. The Morgan fingerprint density at radius 2 is 2.18 bits per heavy atom. The maximum Gasteiger partial charge on any atom is 0.0771 e.